The zero-order chi connectivity index (χ0) is 25.9. The second kappa shape index (κ2) is 10.8. The third-order valence-corrected chi connectivity index (χ3v) is 7.39. The van der Waals surface area contributed by atoms with Gasteiger partial charge >= 0.3 is 12.1 Å². The summed E-state index contributed by atoms with van der Waals surface area (Å²) in [5.41, 5.74) is 1.07. The fourth-order valence-corrected chi connectivity index (χ4v) is 5.31. The number of carbonyl (C=O) groups is 2. The number of ether oxygens (including phenoxy) is 1. The van der Waals surface area contributed by atoms with Crippen LogP contribution in [-0.2, 0) is 10.9 Å². The van der Waals surface area contributed by atoms with Crippen LogP contribution in [-0.4, -0.2) is 52.5 Å². The van der Waals surface area contributed by atoms with E-state index in [1.165, 1.54) is 37.2 Å². The van der Waals surface area contributed by atoms with E-state index in [0.29, 0.717) is 34.8 Å². The van der Waals surface area contributed by atoms with Crippen molar-refractivity contribution in [1.82, 2.24) is 14.7 Å². The molecule has 0 bridgehead atoms. The lowest BCUT2D eigenvalue weighted by Crippen LogP contribution is -2.29. The number of esters is 1. The molecule has 0 N–H and O–H groups in total. The molecule has 3 aromatic rings. The van der Waals surface area contributed by atoms with Crippen LogP contribution in [0, 0.1) is 0 Å². The smallest absolute Gasteiger partial charge is 0.416 e. The van der Waals surface area contributed by atoms with Crippen molar-refractivity contribution in [2.75, 3.05) is 26.0 Å². The van der Waals surface area contributed by atoms with Crippen molar-refractivity contribution < 1.29 is 27.5 Å². The molecule has 1 aromatic heterocycles. The standard InChI is InChI=1S/C26H26F3N3O3S/c1-3-14-36-24-21(15-30-32(24)19-10-8-17(9-11-19)25(34)35-2)23(33)31-13-12-18(16-31)20-6-4-5-7-22(20)26(27,28)29/h4-11,15,18H,3,12-14,16H2,1-2H3. The van der Waals surface area contributed by atoms with E-state index in [2.05, 4.69) is 5.10 Å². The quantitative estimate of drug-likeness (QED) is 0.292. The summed E-state index contributed by atoms with van der Waals surface area (Å²) in [6.45, 7) is 2.61. The second-order valence-corrected chi connectivity index (χ2v) is 9.57. The fraction of sp³-hybridized carbons (Fsp3) is 0.346. The van der Waals surface area contributed by atoms with E-state index in [4.69, 9.17) is 4.74 Å². The number of benzene rings is 2. The molecule has 10 heteroatoms. The van der Waals surface area contributed by atoms with E-state index in [0.717, 1.165) is 18.2 Å². The first-order valence-electron chi connectivity index (χ1n) is 11.6. The average Bonchev–Trinajstić information content (AvgIpc) is 3.54. The molecule has 36 heavy (non-hydrogen) atoms. The molecule has 1 atom stereocenters. The summed E-state index contributed by atoms with van der Waals surface area (Å²) >= 11 is 1.49. The van der Waals surface area contributed by atoms with Crippen LogP contribution in [0.15, 0.2) is 59.8 Å². The molecular weight excluding hydrogens is 491 g/mol. The molecule has 1 aliphatic rings. The van der Waals surface area contributed by atoms with Gasteiger partial charge < -0.3 is 9.64 Å². The largest absolute Gasteiger partial charge is 0.465 e. The van der Waals surface area contributed by atoms with Crippen LogP contribution in [0.1, 0.15) is 57.5 Å². The van der Waals surface area contributed by atoms with Gasteiger partial charge in [-0.15, -0.1) is 11.8 Å². The van der Waals surface area contributed by atoms with Gasteiger partial charge in [0.25, 0.3) is 5.91 Å². The zero-order valence-electron chi connectivity index (χ0n) is 19.9. The number of aromatic nitrogens is 2. The normalized spacial score (nSPS) is 15.8. The van der Waals surface area contributed by atoms with Crippen LogP contribution in [0.3, 0.4) is 0 Å². The Labute approximate surface area is 211 Å². The highest BCUT2D eigenvalue weighted by Crippen LogP contribution is 2.39. The van der Waals surface area contributed by atoms with Crippen molar-refractivity contribution in [1.29, 1.82) is 0 Å². The van der Waals surface area contributed by atoms with Gasteiger partial charge in [-0.2, -0.15) is 18.3 Å². The lowest BCUT2D eigenvalue weighted by atomic mass is 9.93. The number of rotatable bonds is 7. The van der Waals surface area contributed by atoms with E-state index < -0.39 is 17.7 Å². The fourth-order valence-electron chi connectivity index (χ4n) is 4.34. The molecule has 0 saturated carbocycles. The molecule has 0 spiro atoms. The maximum Gasteiger partial charge on any atom is 0.416 e. The molecule has 1 unspecified atom stereocenters. The number of hydrogen-bond acceptors (Lipinski definition) is 5. The van der Waals surface area contributed by atoms with Crippen LogP contribution < -0.4 is 0 Å². The van der Waals surface area contributed by atoms with Gasteiger partial charge in [0.05, 0.1) is 35.7 Å². The van der Waals surface area contributed by atoms with Crippen molar-refractivity contribution in [2.45, 2.75) is 36.9 Å². The third-order valence-electron chi connectivity index (χ3n) is 6.11. The summed E-state index contributed by atoms with van der Waals surface area (Å²) in [6, 6.07) is 12.3. The lowest BCUT2D eigenvalue weighted by molar-refractivity contribution is -0.138. The lowest BCUT2D eigenvalue weighted by Gasteiger charge is -2.19. The predicted molar refractivity (Wildman–Crippen MR) is 131 cm³/mol. The van der Waals surface area contributed by atoms with Crippen LogP contribution in [0.2, 0.25) is 0 Å². The molecular formula is C26H26F3N3O3S. The van der Waals surface area contributed by atoms with Gasteiger partial charge in [-0.1, -0.05) is 25.1 Å². The van der Waals surface area contributed by atoms with E-state index in [1.54, 1.807) is 39.9 Å². The molecule has 1 aliphatic heterocycles. The number of methoxy groups -OCH3 is 1. The summed E-state index contributed by atoms with van der Waals surface area (Å²) in [5.74, 6) is -0.333. The van der Waals surface area contributed by atoms with Crippen molar-refractivity contribution in [2.24, 2.45) is 0 Å². The van der Waals surface area contributed by atoms with Gasteiger partial charge in [0.15, 0.2) is 0 Å². The number of halogens is 3. The highest BCUT2D eigenvalue weighted by Gasteiger charge is 2.38. The van der Waals surface area contributed by atoms with Crippen LogP contribution in [0.5, 0.6) is 0 Å². The van der Waals surface area contributed by atoms with Crippen molar-refractivity contribution in [3.63, 3.8) is 0 Å². The summed E-state index contributed by atoms with van der Waals surface area (Å²) < 4.78 is 47.0. The second-order valence-electron chi connectivity index (χ2n) is 8.48. The van der Waals surface area contributed by atoms with Crippen LogP contribution >= 0.6 is 11.8 Å². The maximum atomic E-state index is 13.5. The Morgan fingerprint density at radius 1 is 1.14 bits per heavy atom. The molecule has 1 fully saturated rings. The van der Waals surface area contributed by atoms with Crippen LogP contribution in [0.25, 0.3) is 5.69 Å². The van der Waals surface area contributed by atoms with Crippen LogP contribution in [0.4, 0.5) is 13.2 Å². The molecule has 0 aliphatic carbocycles. The highest BCUT2D eigenvalue weighted by molar-refractivity contribution is 7.99. The number of amides is 1. The van der Waals surface area contributed by atoms with Gasteiger partial charge in [0.1, 0.15) is 5.03 Å². The minimum atomic E-state index is -4.44. The van der Waals surface area contributed by atoms with Gasteiger partial charge in [0, 0.05) is 19.0 Å². The number of likely N-dealkylation sites (tertiary alicyclic amines) is 1. The minimum Gasteiger partial charge on any atom is -0.465 e. The monoisotopic (exact) mass is 517 g/mol. The number of nitrogens with zero attached hydrogens (tertiary/aromatic N) is 3. The van der Waals surface area contributed by atoms with Gasteiger partial charge in [0.2, 0.25) is 0 Å². The van der Waals surface area contributed by atoms with Gasteiger partial charge in [-0.3, -0.25) is 4.79 Å². The van der Waals surface area contributed by atoms with Gasteiger partial charge in [-0.05, 0) is 54.5 Å². The van der Waals surface area contributed by atoms with E-state index in [1.807, 2.05) is 6.92 Å². The Morgan fingerprint density at radius 2 is 1.86 bits per heavy atom. The molecule has 4 rings (SSSR count). The SMILES string of the molecule is CCCSc1c(C(=O)N2CCC(c3ccccc3C(F)(F)F)C2)cnn1-c1ccc(C(=O)OC)cc1. The Balaban J connectivity index is 1.59. The summed E-state index contributed by atoms with van der Waals surface area (Å²) in [5, 5.41) is 5.09. The number of carbonyl (C=O) groups excluding carboxylic acids is 2. The molecule has 1 saturated heterocycles. The molecule has 190 valence electrons. The Hall–Kier alpha value is -3.27. The Kier molecular flexibility index (Phi) is 7.73. The van der Waals surface area contributed by atoms with E-state index in [-0.39, 0.29) is 23.9 Å². The van der Waals surface area contributed by atoms with E-state index in [9.17, 15) is 22.8 Å². The maximum absolute atomic E-state index is 13.5. The Bertz CT molecular complexity index is 1240. The third kappa shape index (κ3) is 5.28. The van der Waals surface area contributed by atoms with Gasteiger partial charge in [-0.25, -0.2) is 9.48 Å². The first kappa shape index (κ1) is 25.8. The molecule has 0 radical (unpaired) electrons. The molecule has 2 heterocycles. The first-order chi connectivity index (χ1) is 17.2. The summed E-state index contributed by atoms with van der Waals surface area (Å²) in [6.07, 6.45) is -1.60. The van der Waals surface area contributed by atoms with Crippen molar-refractivity contribution >= 4 is 23.6 Å². The minimum absolute atomic E-state index is 0.211. The number of alkyl halides is 3. The Morgan fingerprint density at radius 3 is 2.53 bits per heavy atom. The first-order valence-corrected chi connectivity index (χ1v) is 12.6. The predicted octanol–water partition coefficient (Wildman–Crippen LogP) is 5.81. The van der Waals surface area contributed by atoms with Crippen molar-refractivity contribution in [3.05, 3.63) is 77.0 Å². The summed E-state index contributed by atoms with van der Waals surface area (Å²) in [4.78, 5) is 26.9. The topological polar surface area (TPSA) is 64.4 Å². The number of thioether (sulfide) groups is 1. The number of hydrogen-bond donors (Lipinski definition) is 0. The van der Waals surface area contributed by atoms with Crippen molar-refractivity contribution in [3.8, 4) is 5.69 Å². The molecule has 1 amide bonds. The molecule has 2 aromatic carbocycles. The zero-order valence-corrected chi connectivity index (χ0v) is 20.7. The highest BCUT2D eigenvalue weighted by atomic mass is 32.2. The van der Waals surface area contributed by atoms with E-state index >= 15 is 0 Å². The molecule has 6 nitrogen and oxygen atoms in total. The summed E-state index contributed by atoms with van der Waals surface area (Å²) in [7, 11) is 1.31. The average molecular weight is 518 g/mol.